The molecule has 0 bridgehead atoms. The minimum absolute atomic E-state index is 0.514. The molecule has 1 aliphatic rings. The maximum atomic E-state index is 4.72. The summed E-state index contributed by atoms with van der Waals surface area (Å²) in [5.41, 5.74) is 0. The summed E-state index contributed by atoms with van der Waals surface area (Å²) >= 11 is 0. The normalized spacial score (nSPS) is 21.4. The van der Waals surface area contributed by atoms with Gasteiger partial charge >= 0.3 is 0 Å². The standard InChI is InChI=1S/C8H13N3O/c1-11-4-2-7(3-5-11)8-9-6-12-10-8/h6-7H,2-5H2,1H3. The molecule has 1 fully saturated rings. The first-order valence-corrected chi connectivity index (χ1v) is 4.31. The van der Waals surface area contributed by atoms with Crippen molar-refractivity contribution in [2.75, 3.05) is 20.1 Å². The SMILES string of the molecule is CN1CCC(c2ncon2)CC1. The van der Waals surface area contributed by atoms with Gasteiger partial charge in [0.25, 0.3) is 0 Å². The molecule has 0 radical (unpaired) electrons. The zero-order valence-corrected chi connectivity index (χ0v) is 7.23. The summed E-state index contributed by atoms with van der Waals surface area (Å²) < 4.78 is 4.72. The fourth-order valence-electron chi connectivity index (χ4n) is 1.63. The van der Waals surface area contributed by atoms with Crippen LogP contribution in [0.25, 0.3) is 0 Å². The molecule has 1 aliphatic heterocycles. The van der Waals surface area contributed by atoms with E-state index in [0.29, 0.717) is 5.92 Å². The number of likely N-dealkylation sites (tertiary alicyclic amines) is 1. The van der Waals surface area contributed by atoms with Gasteiger partial charge in [0.15, 0.2) is 5.82 Å². The largest absolute Gasteiger partial charge is 0.343 e. The van der Waals surface area contributed by atoms with Gasteiger partial charge in [-0.1, -0.05) is 5.16 Å². The highest BCUT2D eigenvalue weighted by Crippen LogP contribution is 2.23. The van der Waals surface area contributed by atoms with Crippen LogP contribution in [0.2, 0.25) is 0 Å². The molecule has 0 atom stereocenters. The Morgan fingerprint density at radius 1 is 1.50 bits per heavy atom. The Kier molecular flexibility index (Phi) is 2.08. The van der Waals surface area contributed by atoms with E-state index in [4.69, 9.17) is 4.52 Å². The summed E-state index contributed by atoms with van der Waals surface area (Å²) in [5.74, 6) is 1.39. The third-order valence-electron chi connectivity index (χ3n) is 2.46. The van der Waals surface area contributed by atoms with Gasteiger partial charge in [0.1, 0.15) is 0 Å². The van der Waals surface area contributed by atoms with Crippen molar-refractivity contribution in [1.82, 2.24) is 15.0 Å². The number of hydrogen-bond donors (Lipinski definition) is 0. The summed E-state index contributed by atoms with van der Waals surface area (Å²) in [4.78, 5) is 6.40. The fraction of sp³-hybridized carbons (Fsp3) is 0.750. The topological polar surface area (TPSA) is 42.2 Å². The van der Waals surface area contributed by atoms with E-state index in [1.807, 2.05) is 0 Å². The minimum atomic E-state index is 0.514. The summed E-state index contributed by atoms with van der Waals surface area (Å²) in [7, 11) is 2.15. The lowest BCUT2D eigenvalue weighted by Gasteiger charge is -2.26. The third kappa shape index (κ3) is 1.48. The van der Waals surface area contributed by atoms with E-state index in [2.05, 4.69) is 22.1 Å². The highest BCUT2D eigenvalue weighted by molar-refractivity contribution is 4.94. The van der Waals surface area contributed by atoms with Crippen LogP contribution < -0.4 is 0 Å². The Balaban J connectivity index is 1.99. The maximum absolute atomic E-state index is 4.72. The van der Waals surface area contributed by atoms with Crippen LogP contribution in [0, 0.1) is 0 Å². The van der Waals surface area contributed by atoms with E-state index in [9.17, 15) is 0 Å². The zero-order chi connectivity index (χ0) is 8.39. The van der Waals surface area contributed by atoms with Crippen LogP contribution >= 0.6 is 0 Å². The van der Waals surface area contributed by atoms with Crippen LogP contribution in [-0.4, -0.2) is 35.2 Å². The van der Waals surface area contributed by atoms with Gasteiger partial charge in [-0.05, 0) is 33.0 Å². The summed E-state index contributed by atoms with van der Waals surface area (Å²) in [5, 5.41) is 3.86. The van der Waals surface area contributed by atoms with Crippen LogP contribution in [0.15, 0.2) is 10.9 Å². The van der Waals surface area contributed by atoms with Gasteiger partial charge in [0.05, 0.1) is 0 Å². The minimum Gasteiger partial charge on any atom is -0.343 e. The fourth-order valence-corrected chi connectivity index (χ4v) is 1.63. The number of piperidine rings is 1. The Hall–Kier alpha value is -0.900. The number of nitrogens with zero attached hydrogens (tertiary/aromatic N) is 3. The first kappa shape index (κ1) is 7.73. The summed E-state index contributed by atoms with van der Waals surface area (Å²) in [6, 6.07) is 0. The molecule has 0 N–H and O–H groups in total. The number of rotatable bonds is 1. The Bertz CT molecular complexity index is 226. The predicted molar refractivity (Wildman–Crippen MR) is 43.8 cm³/mol. The molecule has 0 spiro atoms. The van der Waals surface area contributed by atoms with Crippen molar-refractivity contribution in [2.24, 2.45) is 0 Å². The van der Waals surface area contributed by atoms with E-state index in [-0.39, 0.29) is 0 Å². The molecule has 1 aromatic heterocycles. The first-order chi connectivity index (χ1) is 5.86. The van der Waals surface area contributed by atoms with Gasteiger partial charge in [0, 0.05) is 5.92 Å². The Morgan fingerprint density at radius 2 is 2.25 bits per heavy atom. The van der Waals surface area contributed by atoms with Crippen LogP contribution in [0.3, 0.4) is 0 Å². The molecule has 0 unspecified atom stereocenters. The van der Waals surface area contributed by atoms with Gasteiger partial charge in [-0.2, -0.15) is 4.98 Å². The van der Waals surface area contributed by atoms with Gasteiger partial charge in [0.2, 0.25) is 6.39 Å². The van der Waals surface area contributed by atoms with Crippen LogP contribution in [-0.2, 0) is 0 Å². The zero-order valence-electron chi connectivity index (χ0n) is 7.23. The van der Waals surface area contributed by atoms with Gasteiger partial charge in [-0.3, -0.25) is 0 Å². The molecule has 66 valence electrons. The van der Waals surface area contributed by atoms with Crippen molar-refractivity contribution in [3.63, 3.8) is 0 Å². The highest BCUT2D eigenvalue weighted by Gasteiger charge is 2.21. The molecule has 4 heteroatoms. The molecule has 2 rings (SSSR count). The molecule has 2 heterocycles. The quantitative estimate of drug-likeness (QED) is 0.622. The first-order valence-electron chi connectivity index (χ1n) is 4.31. The number of aromatic nitrogens is 2. The van der Waals surface area contributed by atoms with E-state index in [0.717, 1.165) is 31.8 Å². The number of hydrogen-bond acceptors (Lipinski definition) is 4. The van der Waals surface area contributed by atoms with Gasteiger partial charge < -0.3 is 9.42 Å². The predicted octanol–water partition coefficient (Wildman–Crippen LogP) is 0.879. The maximum Gasteiger partial charge on any atom is 0.213 e. The molecule has 0 saturated carbocycles. The molecule has 0 amide bonds. The van der Waals surface area contributed by atoms with Crippen LogP contribution in [0.5, 0.6) is 0 Å². The van der Waals surface area contributed by atoms with E-state index in [1.165, 1.54) is 6.39 Å². The van der Waals surface area contributed by atoms with Crippen molar-refractivity contribution >= 4 is 0 Å². The lowest BCUT2D eigenvalue weighted by Crippen LogP contribution is -2.29. The smallest absolute Gasteiger partial charge is 0.213 e. The molecular formula is C8H13N3O. The molecular weight excluding hydrogens is 154 g/mol. The van der Waals surface area contributed by atoms with Crippen molar-refractivity contribution in [3.8, 4) is 0 Å². The van der Waals surface area contributed by atoms with Crippen molar-refractivity contribution in [3.05, 3.63) is 12.2 Å². The Morgan fingerprint density at radius 3 is 2.83 bits per heavy atom. The van der Waals surface area contributed by atoms with Crippen LogP contribution in [0.1, 0.15) is 24.6 Å². The van der Waals surface area contributed by atoms with Crippen molar-refractivity contribution in [2.45, 2.75) is 18.8 Å². The van der Waals surface area contributed by atoms with Crippen LogP contribution in [0.4, 0.5) is 0 Å². The molecule has 1 aromatic rings. The van der Waals surface area contributed by atoms with Gasteiger partial charge in [-0.25, -0.2) is 0 Å². The summed E-state index contributed by atoms with van der Waals surface area (Å²) in [6.07, 6.45) is 3.71. The van der Waals surface area contributed by atoms with Gasteiger partial charge in [-0.15, -0.1) is 0 Å². The molecule has 0 aromatic carbocycles. The second-order valence-electron chi connectivity index (χ2n) is 3.37. The lowest BCUT2D eigenvalue weighted by molar-refractivity contribution is 0.248. The molecule has 12 heavy (non-hydrogen) atoms. The second kappa shape index (κ2) is 3.23. The van der Waals surface area contributed by atoms with Crippen molar-refractivity contribution < 1.29 is 4.52 Å². The lowest BCUT2D eigenvalue weighted by atomic mass is 9.97. The highest BCUT2D eigenvalue weighted by atomic mass is 16.5. The summed E-state index contributed by atoms with van der Waals surface area (Å²) in [6.45, 7) is 2.28. The monoisotopic (exact) mass is 167 g/mol. The van der Waals surface area contributed by atoms with E-state index in [1.54, 1.807) is 0 Å². The van der Waals surface area contributed by atoms with E-state index >= 15 is 0 Å². The van der Waals surface area contributed by atoms with Crippen molar-refractivity contribution in [1.29, 1.82) is 0 Å². The molecule has 4 nitrogen and oxygen atoms in total. The van der Waals surface area contributed by atoms with E-state index < -0.39 is 0 Å². The molecule has 1 saturated heterocycles. The Labute approximate surface area is 71.6 Å². The third-order valence-corrected chi connectivity index (χ3v) is 2.46. The average Bonchev–Trinajstić information content (AvgIpc) is 2.58. The second-order valence-corrected chi connectivity index (χ2v) is 3.37. The molecule has 0 aliphatic carbocycles. The average molecular weight is 167 g/mol.